The van der Waals surface area contributed by atoms with Gasteiger partial charge in [-0.1, -0.05) is 60.2 Å². The number of fused-ring (bicyclic) bond motifs is 1. The van der Waals surface area contributed by atoms with Crippen LogP contribution in [-0.4, -0.2) is 10.9 Å². The Morgan fingerprint density at radius 1 is 0.964 bits per heavy atom. The van der Waals surface area contributed by atoms with Gasteiger partial charge >= 0.3 is 0 Å². The predicted molar refractivity (Wildman–Crippen MR) is 114 cm³/mol. The van der Waals surface area contributed by atoms with Gasteiger partial charge in [0.05, 0.1) is 4.51 Å². The van der Waals surface area contributed by atoms with Crippen LogP contribution < -0.4 is 5.32 Å². The summed E-state index contributed by atoms with van der Waals surface area (Å²) in [5.41, 5.74) is 3.99. The molecule has 1 aromatic heterocycles. The first kappa shape index (κ1) is 18.1. The first-order valence-electron chi connectivity index (χ1n) is 8.82. The molecule has 4 aromatic rings. The van der Waals surface area contributed by atoms with Gasteiger partial charge in [0.1, 0.15) is 11.6 Å². The lowest BCUT2D eigenvalue weighted by Gasteiger charge is -2.14. The van der Waals surface area contributed by atoms with Crippen LogP contribution in [0.1, 0.15) is 15.9 Å². The molecular formula is C23H17FN2OS. The molecule has 0 unspecified atom stereocenters. The van der Waals surface area contributed by atoms with Crippen LogP contribution in [0.2, 0.25) is 0 Å². The first-order valence-corrected chi connectivity index (χ1v) is 9.23. The van der Waals surface area contributed by atoms with E-state index in [9.17, 15) is 9.18 Å². The molecule has 1 amide bonds. The fourth-order valence-corrected chi connectivity index (χ4v) is 3.51. The van der Waals surface area contributed by atoms with E-state index in [0.29, 0.717) is 15.9 Å². The highest BCUT2D eigenvalue weighted by atomic mass is 32.1. The van der Waals surface area contributed by atoms with Crippen LogP contribution in [0.5, 0.6) is 0 Å². The zero-order valence-electron chi connectivity index (χ0n) is 15.1. The van der Waals surface area contributed by atoms with Gasteiger partial charge in [-0.3, -0.25) is 4.79 Å². The quantitative estimate of drug-likeness (QED) is 0.407. The third kappa shape index (κ3) is 3.44. The van der Waals surface area contributed by atoms with Crippen molar-refractivity contribution in [3.05, 3.63) is 94.3 Å². The Bertz CT molecular complexity index is 1230. The van der Waals surface area contributed by atoms with E-state index in [4.69, 9.17) is 12.2 Å². The predicted octanol–water partition coefficient (Wildman–Crippen LogP) is 6.26. The number of aromatic nitrogens is 1. The molecule has 2 N–H and O–H groups in total. The third-order valence-corrected chi connectivity index (χ3v) is 5.02. The summed E-state index contributed by atoms with van der Waals surface area (Å²) < 4.78 is 13.8. The van der Waals surface area contributed by atoms with E-state index >= 15 is 0 Å². The number of benzene rings is 3. The van der Waals surface area contributed by atoms with Crippen LogP contribution in [-0.2, 0) is 0 Å². The number of hydrogen-bond acceptors (Lipinski definition) is 2. The second-order valence-electron chi connectivity index (χ2n) is 6.58. The van der Waals surface area contributed by atoms with Crippen molar-refractivity contribution < 1.29 is 9.18 Å². The highest BCUT2D eigenvalue weighted by Gasteiger charge is 2.15. The van der Waals surface area contributed by atoms with Gasteiger partial charge in [0.2, 0.25) is 0 Å². The van der Waals surface area contributed by atoms with E-state index < -0.39 is 0 Å². The van der Waals surface area contributed by atoms with Crippen LogP contribution in [0.3, 0.4) is 0 Å². The van der Waals surface area contributed by atoms with Gasteiger partial charge in [0.25, 0.3) is 5.91 Å². The summed E-state index contributed by atoms with van der Waals surface area (Å²) in [4.78, 5) is 16.0. The van der Waals surface area contributed by atoms with Gasteiger partial charge in [0.15, 0.2) is 0 Å². The molecule has 0 saturated heterocycles. The van der Waals surface area contributed by atoms with E-state index in [1.165, 1.54) is 24.3 Å². The standard InChI is InChI=1S/C23H17FN2OS/c1-14-6-8-15(9-7-14)20-21(28)18-4-2-3-5-19(18)25-22(20)26-23(27)16-10-12-17(24)13-11-16/h2-13H,1H3,(H2,25,26,27,28). The van der Waals surface area contributed by atoms with E-state index in [1.54, 1.807) is 0 Å². The molecule has 3 aromatic carbocycles. The zero-order valence-corrected chi connectivity index (χ0v) is 15.9. The number of H-pyrrole nitrogens is 1. The van der Waals surface area contributed by atoms with Gasteiger partial charge in [-0.2, -0.15) is 0 Å². The van der Waals surface area contributed by atoms with Crippen molar-refractivity contribution in [2.75, 3.05) is 5.32 Å². The van der Waals surface area contributed by atoms with Gasteiger partial charge in [0, 0.05) is 22.0 Å². The topological polar surface area (TPSA) is 44.9 Å². The average molecular weight is 388 g/mol. The van der Waals surface area contributed by atoms with Crippen LogP contribution in [0.4, 0.5) is 10.2 Å². The number of para-hydroxylation sites is 1. The van der Waals surface area contributed by atoms with Crippen LogP contribution >= 0.6 is 12.2 Å². The number of aryl methyl sites for hydroxylation is 1. The Morgan fingerprint density at radius 3 is 2.36 bits per heavy atom. The van der Waals surface area contributed by atoms with Gasteiger partial charge in [-0.15, -0.1) is 0 Å². The van der Waals surface area contributed by atoms with Gasteiger partial charge < -0.3 is 10.3 Å². The van der Waals surface area contributed by atoms with E-state index in [2.05, 4.69) is 10.3 Å². The lowest BCUT2D eigenvalue weighted by atomic mass is 10.0. The fraction of sp³-hybridized carbons (Fsp3) is 0.0435. The number of halogens is 1. The lowest BCUT2D eigenvalue weighted by Crippen LogP contribution is -2.14. The molecule has 28 heavy (non-hydrogen) atoms. The monoisotopic (exact) mass is 388 g/mol. The highest BCUT2D eigenvalue weighted by Crippen LogP contribution is 2.32. The van der Waals surface area contributed by atoms with Crippen molar-refractivity contribution in [2.24, 2.45) is 0 Å². The van der Waals surface area contributed by atoms with Gasteiger partial charge in [-0.05, 0) is 42.8 Å². The molecule has 0 aliphatic heterocycles. The smallest absolute Gasteiger partial charge is 0.256 e. The van der Waals surface area contributed by atoms with Crippen LogP contribution in [0, 0.1) is 17.3 Å². The summed E-state index contributed by atoms with van der Waals surface area (Å²) in [7, 11) is 0. The largest absolute Gasteiger partial charge is 0.341 e. The number of anilines is 1. The maximum absolute atomic E-state index is 13.2. The van der Waals surface area contributed by atoms with Crippen molar-refractivity contribution >= 4 is 34.8 Å². The molecule has 0 radical (unpaired) electrons. The SMILES string of the molecule is Cc1ccc(-c2c(NC(=O)c3ccc(F)cc3)[nH]c3ccccc3c2=S)cc1. The molecule has 0 fully saturated rings. The number of aromatic amines is 1. The van der Waals surface area contributed by atoms with Crippen LogP contribution in [0.25, 0.3) is 22.0 Å². The highest BCUT2D eigenvalue weighted by molar-refractivity contribution is 7.71. The normalized spacial score (nSPS) is 10.8. The minimum absolute atomic E-state index is 0.339. The fourth-order valence-electron chi connectivity index (χ4n) is 3.11. The molecule has 5 heteroatoms. The van der Waals surface area contributed by atoms with Crippen molar-refractivity contribution in [1.82, 2.24) is 4.98 Å². The van der Waals surface area contributed by atoms with E-state index in [-0.39, 0.29) is 11.7 Å². The van der Waals surface area contributed by atoms with Crippen molar-refractivity contribution in [2.45, 2.75) is 6.92 Å². The summed E-state index contributed by atoms with van der Waals surface area (Å²) >= 11 is 5.76. The molecule has 138 valence electrons. The lowest BCUT2D eigenvalue weighted by molar-refractivity contribution is 0.102. The maximum Gasteiger partial charge on any atom is 0.256 e. The first-order chi connectivity index (χ1) is 13.5. The number of pyridine rings is 1. The molecule has 1 heterocycles. The zero-order chi connectivity index (χ0) is 19.7. The second kappa shape index (κ2) is 7.37. The minimum atomic E-state index is -0.387. The molecule has 0 bridgehead atoms. The Balaban J connectivity index is 1.87. The Hall–Kier alpha value is -3.31. The Labute approximate surface area is 166 Å². The summed E-state index contributed by atoms with van der Waals surface area (Å²) in [5.74, 6) is -0.210. The molecule has 0 saturated carbocycles. The summed E-state index contributed by atoms with van der Waals surface area (Å²) in [6.07, 6.45) is 0. The number of nitrogens with one attached hydrogen (secondary N) is 2. The number of carbonyl (C=O) groups is 1. The number of hydrogen-bond donors (Lipinski definition) is 2. The van der Waals surface area contributed by atoms with E-state index in [1.807, 2.05) is 55.5 Å². The summed E-state index contributed by atoms with van der Waals surface area (Å²) in [6.45, 7) is 2.02. The second-order valence-corrected chi connectivity index (χ2v) is 6.98. The van der Waals surface area contributed by atoms with Crippen LogP contribution in [0.15, 0.2) is 72.8 Å². The molecule has 3 nitrogen and oxygen atoms in total. The third-order valence-electron chi connectivity index (χ3n) is 4.59. The molecule has 0 aliphatic carbocycles. The van der Waals surface area contributed by atoms with E-state index in [0.717, 1.165) is 27.6 Å². The number of amides is 1. The molecule has 0 aliphatic rings. The average Bonchev–Trinajstić information content (AvgIpc) is 2.70. The molecule has 0 spiro atoms. The maximum atomic E-state index is 13.2. The van der Waals surface area contributed by atoms with Gasteiger partial charge in [-0.25, -0.2) is 4.39 Å². The van der Waals surface area contributed by atoms with Crippen molar-refractivity contribution in [3.8, 4) is 11.1 Å². The Morgan fingerprint density at radius 2 is 1.64 bits per heavy atom. The number of carbonyl (C=O) groups excluding carboxylic acids is 1. The number of rotatable bonds is 3. The minimum Gasteiger partial charge on any atom is -0.341 e. The Kier molecular flexibility index (Phi) is 4.75. The van der Waals surface area contributed by atoms with Crippen molar-refractivity contribution in [3.63, 3.8) is 0 Å². The molecule has 4 rings (SSSR count). The summed E-state index contributed by atoms with van der Waals surface area (Å²) in [6, 6.07) is 21.1. The summed E-state index contributed by atoms with van der Waals surface area (Å²) in [5, 5.41) is 3.82. The molecule has 0 atom stereocenters. The van der Waals surface area contributed by atoms with Crippen molar-refractivity contribution in [1.29, 1.82) is 0 Å². The molecular weight excluding hydrogens is 371 g/mol.